The number of rotatable bonds is 9. The fraction of sp³-hybridized carbons (Fsp3) is 0.241. The van der Waals surface area contributed by atoms with Gasteiger partial charge < -0.3 is 14.0 Å². The van der Waals surface area contributed by atoms with Crippen LogP contribution < -0.4 is 5.19 Å². The van der Waals surface area contributed by atoms with Gasteiger partial charge >= 0.3 is 0 Å². The second-order valence-electron chi connectivity index (χ2n) is 18.0. The summed E-state index contributed by atoms with van der Waals surface area (Å²) >= 11 is 0. The molecule has 317 valence electrons. The predicted octanol–water partition coefficient (Wildman–Crippen LogP) is 14.1. The largest absolute Gasteiger partial charge is 0.486 e. The normalized spacial score (nSPS) is 11.8. The van der Waals surface area contributed by atoms with Crippen molar-refractivity contribution in [2.75, 3.05) is 0 Å². The van der Waals surface area contributed by atoms with Gasteiger partial charge in [0, 0.05) is 37.4 Å². The van der Waals surface area contributed by atoms with Crippen molar-refractivity contribution < 1.29 is 28.9 Å². The van der Waals surface area contributed by atoms with Crippen LogP contribution in [-0.4, -0.2) is 27.6 Å². The summed E-state index contributed by atoms with van der Waals surface area (Å²) in [5.74, 6) is 1.32. The number of benzene rings is 5. The Hall–Kier alpha value is -5.53. The Morgan fingerprint density at radius 2 is 1.40 bits per heavy atom. The van der Waals surface area contributed by atoms with E-state index in [1.165, 1.54) is 39.1 Å². The van der Waals surface area contributed by atoms with Gasteiger partial charge in [-0.2, -0.15) is 9.37 Å². The van der Waals surface area contributed by atoms with E-state index in [0.29, 0.717) is 17.1 Å². The van der Waals surface area contributed by atoms with Gasteiger partial charge in [-0.05, 0) is 93.7 Å². The molecule has 9 rings (SSSR count). The third-order valence-corrected chi connectivity index (χ3v) is 13.3. The van der Waals surface area contributed by atoms with Gasteiger partial charge in [-0.3, -0.25) is 4.98 Å². The van der Waals surface area contributed by atoms with Crippen LogP contribution in [0.5, 0.6) is 0 Å². The summed E-state index contributed by atoms with van der Waals surface area (Å²) in [5, 5.41) is 3.11. The molecule has 4 aromatic heterocycles. The molecule has 0 aliphatic rings. The summed E-state index contributed by atoms with van der Waals surface area (Å²) in [5.41, 5.74) is 13.1. The molecule has 0 atom stereocenters. The first-order valence-electron chi connectivity index (χ1n) is 21.4. The maximum absolute atomic E-state index is 14.0. The van der Waals surface area contributed by atoms with Gasteiger partial charge in [-0.15, -0.1) is 54.1 Å². The molecule has 0 bridgehead atoms. The summed E-state index contributed by atoms with van der Waals surface area (Å²) < 4.78 is 22.5. The van der Waals surface area contributed by atoms with Crippen molar-refractivity contribution in [2.24, 2.45) is 5.92 Å². The molecule has 0 fully saturated rings. The molecule has 0 N–H and O–H groups in total. The number of hydrogen-bond acceptors (Lipinski definition) is 4. The Morgan fingerprint density at radius 3 is 2.06 bits per heavy atom. The zero-order valence-electron chi connectivity index (χ0n) is 37.0. The monoisotopic (exact) mass is 1010 g/mol. The molecule has 8 heteroatoms. The minimum atomic E-state index is -1.34. The van der Waals surface area contributed by atoms with Crippen molar-refractivity contribution in [1.29, 1.82) is 0 Å². The molecule has 0 aliphatic heterocycles. The average molecular weight is 1010 g/mol. The van der Waals surface area contributed by atoms with Gasteiger partial charge in [-0.1, -0.05) is 126 Å². The summed E-state index contributed by atoms with van der Waals surface area (Å²) in [6.45, 7) is 20.7. The molecule has 9 aromatic rings. The van der Waals surface area contributed by atoms with E-state index < -0.39 is 14.0 Å². The van der Waals surface area contributed by atoms with Crippen molar-refractivity contribution in [2.45, 2.75) is 79.4 Å². The van der Waals surface area contributed by atoms with Gasteiger partial charge in [0.25, 0.3) is 0 Å². The maximum Gasteiger partial charge on any atom is 0.218 e. The Balaban J connectivity index is 0.000000233. The second-order valence-corrected chi connectivity index (χ2v) is 23.0. The molecule has 0 unspecified atom stereocenters. The van der Waals surface area contributed by atoms with Crippen LogP contribution in [0.2, 0.25) is 19.6 Å². The van der Waals surface area contributed by atoms with Crippen molar-refractivity contribution >= 4 is 46.4 Å². The maximum atomic E-state index is 14.0. The minimum absolute atomic E-state index is 0. The smallest absolute Gasteiger partial charge is 0.218 e. The van der Waals surface area contributed by atoms with Crippen LogP contribution in [-0.2, 0) is 26.5 Å². The number of para-hydroxylation sites is 2. The molecule has 0 saturated carbocycles. The molecular formula is C54H53FIrN4OSi-2. The average Bonchev–Trinajstić information content (AvgIpc) is 3.81. The number of pyridine rings is 2. The predicted molar refractivity (Wildman–Crippen MR) is 254 cm³/mol. The first kappa shape index (κ1) is 44.5. The zero-order chi connectivity index (χ0) is 43.0. The molecule has 4 heterocycles. The quantitative estimate of drug-likeness (QED) is 0.0821. The molecule has 0 spiro atoms. The minimum Gasteiger partial charge on any atom is -0.486 e. The first-order chi connectivity index (χ1) is 29.3. The fourth-order valence-electron chi connectivity index (χ4n) is 8.28. The molecule has 5 nitrogen and oxygen atoms in total. The summed E-state index contributed by atoms with van der Waals surface area (Å²) in [6.07, 6.45) is 3.24. The number of imidazole rings is 1. The number of halogens is 1. The molecular weight excluding hydrogens is 960 g/mol. The van der Waals surface area contributed by atoms with Gasteiger partial charge in [-0.25, -0.2) is 0 Å². The van der Waals surface area contributed by atoms with Gasteiger partial charge in [0.2, 0.25) is 11.7 Å². The van der Waals surface area contributed by atoms with Crippen LogP contribution in [0.3, 0.4) is 0 Å². The van der Waals surface area contributed by atoms with E-state index in [1.807, 2.05) is 54.6 Å². The van der Waals surface area contributed by atoms with Gasteiger partial charge in [0.15, 0.2) is 0 Å². The third kappa shape index (κ3) is 9.01. The van der Waals surface area contributed by atoms with Crippen molar-refractivity contribution in [3.8, 4) is 39.5 Å². The number of aromatic nitrogens is 4. The topological polar surface area (TPSA) is 56.7 Å². The summed E-state index contributed by atoms with van der Waals surface area (Å²) in [6, 6.07) is 47.3. The Bertz CT molecular complexity index is 2960. The molecule has 0 amide bonds. The van der Waals surface area contributed by atoms with E-state index in [0.717, 1.165) is 51.0 Å². The Morgan fingerprint density at radius 1 is 0.710 bits per heavy atom. The number of furan rings is 1. The SMILES string of the molecule is CC(C)Cc1cc(-c2[c-]cccc2)ncc1[Si](C)(C)C.CC(C)c1cc(-c2ccccc2)cc(C(C)C)c1-n1c(-c2[c-]ccc3c2oc2nc(F)ccc23)nc2ccccc21.[Ir]. The number of fused-ring (bicyclic) bond motifs is 4. The molecule has 62 heavy (non-hydrogen) atoms. The van der Waals surface area contributed by atoms with Crippen LogP contribution >= 0.6 is 0 Å². The van der Waals surface area contributed by atoms with E-state index in [2.05, 4.69) is 149 Å². The Labute approximate surface area is 379 Å². The second kappa shape index (κ2) is 18.4. The van der Waals surface area contributed by atoms with E-state index in [4.69, 9.17) is 9.40 Å². The first-order valence-corrected chi connectivity index (χ1v) is 24.9. The van der Waals surface area contributed by atoms with Gasteiger partial charge in [0.1, 0.15) is 0 Å². The standard InChI is InChI=1S/C36H29FN3O.C18H24NSi.Ir/c1-21(2)28-19-24(23-11-6-5-7-12-23)20-29(22(3)4)33(28)40-31-16-9-8-15-30(31)38-35(40)27-14-10-13-25-26-17-18-32(37)39-36(26)41-34(25)27;1-14(2)11-16-12-17(15-9-7-6-8-10-15)19-13-18(16)20(3,4)5;/h5-13,15-22H,1-4H3;6-9,12-14H,11H2,1-5H3;/q2*-1;. The zero-order valence-corrected chi connectivity index (χ0v) is 40.4. The van der Waals surface area contributed by atoms with E-state index in [-0.39, 0.29) is 37.7 Å². The number of hydrogen-bond donors (Lipinski definition) is 0. The number of nitrogens with zero attached hydrogens (tertiary/aromatic N) is 4. The van der Waals surface area contributed by atoms with Crippen LogP contribution in [0.15, 0.2) is 132 Å². The summed E-state index contributed by atoms with van der Waals surface area (Å²) in [4.78, 5) is 13.9. The van der Waals surface area contributed by atoms with Crippen LogP contribution in [0.25, 0.3) is 72.6 Å². The third-order valence-electron chi connectivity index (χ3n) is 11.2. The molecule has 5 aromatic carbocycles. The molecule has 0 aliphatic carbocycles. The van der Waals surface area contributed by atoms with E-state index in [1.54, 1.807) is 6.07 Å². The van der Waals surface area contributed by atoms with E-state index in [9.17, 15) is 4.39 Å². The van der Waals surface area contributed by atoms with Gasteiger partial charge in [0.05, 0.1) is 30.5 Å². The Kier molecular flexibility index (Phi) is 13.2. The van der Waals surface area contributed by atoms with E-state index >= 15 is 0 Å². The van der Waals surface area contributed by atoms with Crippen molar-refractivity contribution in [1.82, 2.24) is 19.5 Å². The molecule has 1 radical (unpaired) electrons. The molecule has 0 saturated heterocycles. The van der Waals surface area contributed by atoms with Crippen LogP contribution in [0, 0.1) is 24.0 Å². The van der Waals surface area contributed by atoms with Crippen LogP contribution in [0.1, 0.15) is 70.1 Å². The fourth-order valence-corrected chi connectivity index (χ4v) is 9.87. The summed E-state index contributed by atoms with van der Waals surface area (Å²) in [7, 11) is -1.34. The van der Waals surface area contributed by atoms with Crippen molar-refractivity contribution in [3.63, 3.8) is 0 Å². The van der Waals surface area contributed by atoms with Crippen molar-refractivity contribution in [3.05, 3.63) is 162 Å². The van der Waals surface area contributed by atoms with Crippen LogP contribution in [0.4, 0.5) is 4.39 Å².